The topological polar surface area (TPSA) is 90.9 Å². The number of nitrogens with zero attached hydrogens (tertiary/aromatic N) is 2. The van der Waals surface area contributed by atoms with Gasteiger partial charge in [-0.1, -0.05) is 0 Å². The van der Waals surface area contributed by atoms with E-state index in [9.17, 15) is 4.79 Å². The molecule has 2 aromatic rings. The number of hydrogen-bond donors (Lipinski definition) is 2. The molecule has 6 nitrogen and oxygen atoms in total. The van der Waals surface area contributed by atoms with Gasteiger partial charge in [0.25, 0.3) is 0 Å². The number of nitriles is 1. The maximum absolute atomic E-state index is 11.7. The van der Waals surface area contributed by atoms with Crippen molar-refractivity contribution < 1.29 is 9.21 Å². The lowest BCUT2D eigenvalue weighted by molar-refractivity contribution is -0.125. The molecule has 120 valence electrons. The number of aromatic nitrogens is 1. The van der Waals surface area contributed by atoms with Gasteiger partial charge in [-0.15, -0.1) is 0 Å². The normalized spacial score (nSPS) is 20.9. The fraction of sp³-hybridized carbons (Fsp3) is 0.438. The summed E-state index contributed by atoms with van der Waals surface area (Å²) in [6.07, 6.45) is 5.24. The Balaban J connectivity index is 1.72. The number of carbonyl (C=O) groups is 1. The van der Waals surface area contributed by atoms with Crippen molar-refractivity contribution in [2.24, 2.45) is 5.92 Å². The van der Waals surface area contributed by atoms with Gasteiger partial charge in [-0.3, -0.25) is 4.79 Å². The van der Waals surface area contributed by atoms with Crippen molar-refractivity contribution in [1.29, 1.82) is 5.26 Å². The lowest BCUT2D eigenvalue weighted by Crippen LogP contribution is -2.34. The molecule has 0 radical (unpaired) electrons. The highest BCUT2D eigenvalue weighted by Gasteiger charge is 2.26. The number of rotatable bonds is 3. The molecule has 3 rings (SSSR count). The van der Waals surface area contributed by atoms with Gasteiger partial charge >= 0.3 is 0 Å². The molecule has 23 heavy (non-hydrogen) atoms. The first-order valence-electron chi connectivity index (χ1n) is 7.58. The number of furan rings is 1. The molecular weight excluding hydrogens is 360 g/mol. The van der Waals surface area contributed by atoms with E-state index in [0.29, 0.717) is 11.6 Å². The van der Waals surface area contributed by atoms with Gasteiger partial charge in [-0.25, -0.2) is 4.98 Å². The van der Waals surface area contributed by atoms with Crippen LogP contribution in [-0.2, 0) is 4.79 Å². The maximum atomic E-state index is 11.7. The van der Waals surface area contributed by atoms with Crippen LogP contribution in [0.1, 0.15) is 31.4 Å². The molecule has 0 spiro atoms. The number of nitrogens with one attached hydrogen (secondary N) is 2. The molecule has 0 atom stereocenters. The van der Waals surface area contributed by atoms with Crippen molar-refractivity contribution in [3.63, 3.8) is 0 Å². The number of amides is 1. The summed E-state index contributed by atoms with van der Waals surface area (Å²) in [7, 11) is 1.68. The van der Waals surface area contributed by atoms with Crippen molar-refractivity contribution in [1.82, 2.24) is 10.3 Å². The fourth-order valence-electron chi connectivity index (χ4n) is 3.03. The number of hydrogen-bond acceptors (Lipinski definition) is 5. The molecule has 1 saturated carbocycles. The molecule has 0 aromatic carbocycles. The Morgan fingerprint density at radius 3 is 2.83 bits per heavy atom. The smallest absolute Gasteiger partial charge is 0.222 e. The largest absolute Gasteiger partial charge is 0.444 e. The lowest BCUT2D eigenvalue weighted by atomic mass is 9.85. The third kappa shape index (κ3) is 3.17. The van der Waals surface area contributed by atoms with Gasteiger partial charge in [0, 0.05) is 30.5 Å². The summed E-state index contributed by atoms with van der Waals surface area (Å²) in [5.74, 6) is 1.26. The minimum Gasteiger partial charge on any atom is -0.444 e. The fourth-order valence-corrected chi connectivity index (χ4v) is 3.56. The predicted molar refractivity (Wildman–Crippen MR) is 89.9 cm³/mol. The molecule has 0 saturated heterocycles. The summed E-state index contributed by atoms with van der Waals surface area (Å²) in [5.41, 5.74) is 0.585. The van der Waals surface area contributed by atoms with Crippen LogP contribution in [-0.4, -0.2) is 24.0 Å². The summed E-state index contributed by atoms with van der Waals surface area (Å²) in [6, 6.07) is 3.99. The van der Waals surface area contributed by atoms with Crippen LogP contribution in [0, 0.1) is 17.2 Å². The van der Waals surface area contributed by atoms with E-state index in [1.807, 2.05) is 6.07 Å². The zero-order valence-corrected chi connectivity index (χ0v) is 14.3. The van der Waals surface area contributed by atoms with Crippen LogP contribution in [0.25, 0.3) is 11.0 Å². The Morgan fingerprint density at radius 1 is 1.43 bits per heavy atom. The summed E-state index contributed by atoms with van der Waals surface area (Å²) in [6.45, 7) is 0. The van der Waals surface area contributed by atoms with Gasteiger partial charge in [0.05, 0.1) is 10.7 Å². The van der Waals surface area contributed by atoms with Gasteiger partial charge in [0.1, 0.15) is 11.9 Å². The molecule has 7 heteroatoms. The zero-order valence-electron chi connectivity index (χ0n) is 12.7. The molecule has 2 N–H and O–H groups in total. The second-order valence-electron chi connectivity index (χ2n) is 5.73. The first-order chi connectivity index (χ1) is 11.1. The Kier molecular flexibility index (Phi) is 4.53. The van der Waals surface area contributed by atoms with Crippen LogP contribution < -0.4 is 10.6 Å². The van der Waals surface area contributed by atoms with Crippen LogP contribution in [0.4, 0.5) is 5.82 Å². The quantitative estimate of drug-likeness (QED) is 0.858. The minimum absolute atomic E-state index is 0.115. The summed E-state index contributed by atoms with van der Waals surface area (Å²) in [5, 5.41) is 15.9. The van der Waals surface area contributed by atoms with Crippen LogP contribution in [0.3, 0.4) is 0 Å². The van der Waals surface area contributed by atoms with Crippen molar-refractivity contribution >= 4 is 38.6 Å². The van der Waals surface area contributed by atoms with Crippen LogP contribution in [0.2, 0.25) is 0 Å². The number of halogens is 1. The Bertz CT molecular complexity index is 772. The molecular formula is C16H17BrN4O2. The summed E-state index contributed by atoms with van der Waals surface area (Å²) in [4.78, 5) is 16.1. The molecule has 2 aromatic heterocycles. The van der Waals surface area contributed by atoms with E-state index in [4.69, 9.17) is 9.68 Å². The second-order valence-corrected chi connectivity index (χ2v) is 6.52. The highest BCUT2D eigenvalue weighted by molar-refractivity contribution is 9.10. The van der Waals surface area contributed by atoms with E-state index in [1.54, 1.807) is 19.3 Å². The number of carbonyl (C=O) groups excluding carboxylic acids is 1. The van der Waals surface area contributed by atoms with E-state index in [0.717, 1.165) is 41.4 Å². The van der Waals surface area contributed by atoms with E-state index < -0.39 is 0 Å². The monoisotopic (exact) mass is 376 g/mol. The van der Waals surface area contributed by atoms with Gasteiger partial charge in [0.15, 0.2) is 5.58 Å². The van der Waals surface area contributed by atoms with E-state index in [1.165, 1.54) is 0 Å². The number of fused-ring (bicyclic) bond motifs is 1. The van der Waals surface area contributed by atoms with Crippen LogP contribution in [0.5, 0.6) is 0 Å². The molecule has 1 fully saturated rings. The second kappa shape index (κ2) is 6.59. The predicted octanol–water partition coefficient (Wildman–Crippen LogP) is 3.18. The van der Waals surface area contributed by atoms with E-state index in [-0.39, 0.29) is 17.6 Å². The lowest BCUT2D eigenvalue weighted by Gasteiger charge is -2.28. The SMILES string of the molecule is CNC(=O)C1CCC(Nc2ncc3oc(C#N)cc3c2Br)CC1. The van der Waals surface area contributed by atoms with E-state index >= 15 is 0 Å². The van der Waals surface area contributed by atoms with Gasteiger partial charge in [-0.05, 0) is 41.6 Å². The van der Waals surface area contributed by atoms with Crippen LogP contribution in [0.15, 0.2) is 21.2 Å². The highest BCUT2D eigenvalue weighted by atomic mass is 79.9. The third-order valence-corrected chi connectivity index (χ3v) is 5.11. The molecule has 0 bridgehead atoms. The standard InChI is InChI=1S/C16H17BrN4O2/c1-19-16(22)9-2-4-10(5-3-9)21-15-14(17)12-6-11(7-18)23-13(12)8-20-15/h6,8-10H,2-5H2,1H3,(H,19,22)(H,20,21). The highest BCUT2D eigenvalue weighted by Crippen LogP contribution is 2.34. The molecule has 2 heterocycles. The number of pyridine rings is 1. The summed E-state index contributed by atoms with van der Waals surface area (Å²) >= 11 is 3.54. The van der Waals surface area contributed by atoms with Crippen LogP contribution >= 0.6 is 15.9 Å². The Morgan fingerprint density at radius 2 is 2.17 bits per heavy atom. The average Bonchev–Trinajstić information content (AvgIpc) is 3.01. The zero-order chi connectivity index (χ0) is 16.4. The van der Waals surface area contributed by atoms with Crippen molar-refractivity contribution in [3.8, 4) is 6.07 Å². The van der Waals surface area contributed by atoms with Crippen molar-refractivity contribution in [3.05, 3.63) is 22.5 Å². The minimum atomic E-state index is 0.115. The summed E-state index contributed by atoms with van der Waals surface area (Å²) < 4.78 is 6.17. The average molecular weight is 377 g/mol. The van der Waals surface area contributed by atoms with E-state index in [2.05, 4.69) is 31.5 Å². The Hall–Kier alpha value is -2.07. The maximum Gasteiger partial charge on any atom is 0.222 e. The first kappa shape index (κ1) is 15.8. The first-order valence-corrected chi connectivity index (χ1v) is 8.38. The van der Waals surface area contributed by atoms with Gasteiger partial charge in [0.2, 0.25) is 11.7 Å². The third-order valence-electron chi connectivity index (χ3n) is 4.31. The molecule has 1 amide bonds. The van der Waals surface area contributed by atoms with Crippen molar-refractivity contribution in [2.75, 3.05) is 12.4 Å². The molecule has 0 aliphatic heterocycles. The molecule has 1 aliphatic carbocycles. The van der Waals surface area contributed by atoms with Gasteiger partial charge in [-0.2, -0.15) is 5.26 Å². The Labute approximate surface area is 142 Å². The molecule has 0 unspecified atom stereocenters. The number of anilines is 1. The van der Waals surface area contributed by atoms with Gasteiger partial charge < -0.3 is 15.1 Å². The van der Waals surface area contributed by atoms with Crippen molar-refractivity contribution in [2.45, 2.75) is 31.7 Å². The molecule has 1 aliphatic rings.